The molecule has 1 N–H and O–H groups in total. The Hall–Kier alpha value is -0.820. The third-order valence-electron chi connectivity index (χ3n) is 4.02. The number of nitrogens with zero attached hydrogens (tertiary/aromatic N) is 1. The molecule has 1 aromatic carbocycles. The molecule has 1 saturated heterocycles. The van der Waals surface area contributed by atoms with Gasteiger partial charge in [-0.2, -0.15) is 12.7 Å². The number of ether oxygens (including phenoxy) is 1. The van der Waals surface area contributed by atoms with Crippen LogP contribution in [0.25, 0.3) is 0 Å². The summed E-state index contributed by atoms with van der Waals surface area (Å²) in [5.74, 6) is 1.39. The topological polar surface area (TPSA) is 58.6 Å². The Morgan fingerprint density at radius 3 is 2.52 bits per heavy atom. The number of benzene rings is 1. The van der Waals surface area contributed by atoms with E-state index in [4.69, 9.17) is 16.3 Å². The van der Waals surface area contributed by atoms with Crippen molar-refractivity contribution in [2.45, 2.75) is 32.6 Å². The van der Waals surface area contributed by atoms with Crippen LogP contribution >= 0.6 is 11.6 Å². The van der Waals surface area contributed by atoms with Crippen LogP contribution < -0.4 is 9.46 Å². The van der Waals surface area contributed by atoms with E-state index in [2.05, 4.69) is 11.6 Å². The number of rotatable bonds is 8. The third-order valence-corrected chi connectivity index (χ3v) is 5.89. The molecule has 1 aromatic rings. The van der Waals surface area contributed by atoms with Crippen molar-refractivity contribution in [2.24, 2.45) is 5.92 Å². The molecule has 0 radical (unpaired) electrons. The highest BCUT2D eigenvalue weighted by molar-refractivity contribution is 7.87. The smallest absolute Gasteiger partial charge is 0.279 e. The lowest BCUT2D eigenvalue weighted by molar-refractivity contribution is 0.284. The molecule has 23 heavy (non-hydrogen) atoms. The number of unbranched alkanes of at least 4 members (excludes halogenated alkanes) is 1. The highest BCUT2D eigenvalue weighted by atomic mass is 35.5. The fraction of sp³-hybridized carbons (Fsp3) is 0.625. The Labute approximate surface area is 144 Å². The van der Waals surface area contributed by atoms with E-state index in [1.807, 2.05) is 12.1 Å². The van der Waals surface area contributed by atoms with Crippen molar-refractivity contribution in [1.82, 2.24) is 9.03 Å². The molecule has 0 unspecified atom stereocenters. The molecule has 0 spiro atoms. The second-order valence-corrected chi connectivity index (χ2v) is 8.18. The first-order valence-electron chi connectivity index (χ1n) is 8.10. The number of piperidine rings is 1. The molecule has 1 aliphatic rings. The van der Waals surface area contributed by atoms with Gasteiger partial charge in [-0.3, -0.25) is 0 Å². The van der Waals surface area contributed by atoms with E-state index in [-0.39, 0.29) is 0 Å². The molecule has 7 heteroatoms. The van der Waals surface area contributed by atoms with Gasteiger partial charge in [0.15, 0.2) is 0 Å². The summed E-state index contributed by atoms with van der Waals surface area (Å²) in [6.07, 6.45) is 3.42. The Bertz CT molecular complexity index is 569. The summed E-state index contributed by atoms with van der Waals surface area (Å²) in [4.78, 5) is 0. The van der Waals surface area contributed by atoms with Gasteiger partial charge in [0.05, 0.1) is 6.61 Å². The molecule has 0 aliphatic carbocycles. The molecule has 1 fully saturated rings. The van der Waals surface area contributed by atoms with E-state index in [9.17, 15) is 8.42 Å². The quantitative estimate of drug-likeness (QED) is 0.725. The zero-order chi connectivity index (χ0) is 16.7. The van der Waals surface area contributed by atoms with Gasteiger partial charge in [-0.1, -0.05) is 18.5 Å². The second kappa shape index (κ2) is 8.87. The zero-order valence-electron chi connectivity index (χ0n) is 13.5. The molecule has 0 aromatic heterocycles. The molecule has 5 nitrogen and oxygen atoms in total. The first-order valence-corrected chi connectivity index (χ1v) is 9.92. The maximum absolute atomic E-state index is 12.1. The highest BCUT2D eigenvalue weighted by Gasteiger charge is 2.25. The fourth-order valence-electron chi connectivity index (χ4n) is 2.47. The molecule has 2 rings (SSSR count). The van der Waals surface area contributed by atoms with E-state index in [0.717, 1.165) is 31.4 Å². The monoisotopic (exact) mass is 360 g/mol. The van der Waals surface area contributed by atoms with Gasteiger partial charge < -0.3 is 4.74 Å². The summed E-state index contributed by atoms with van der Waals surface area (Å²) in [5.41, 5.74) is 0. The van der Waals surface area contributed by atoms with Crippen LogP contribution in [-0.4, -0.2) is 39.0 Å². The van der Waals surface area contributed by atoms with E-state index in [1.165, 1.54) is 0 Å². The molecule has 0 amide bonds. The maximum atomic E-state index is 12.1. The van der Waals surface area contributed by atoms with Crippen LogP contribution in [-0.2, 0) is 10.2 Å². The van der Waals surface area contributed by atoms with E-state index in [1.54, 1.807) is 16.4 Å². The Morgan fingerprint density at radius 1 is 1.22 bits per heavy atom. The van der Waals surface area contributed by atoms with Crippen molar-refractivity contribution in [1.29, 1.82) is 0 Å². The van der Waals surface area contributed by atoms with Crippen molar-refractivity contribution in [3.05, 3.63) is 29.3 Å². The first-order chi connectivity index (χ1) is 11.0. The van der Waals surface area contributed by atoms with E-state index in [0.29, 0.717) is 37.2 Å². The molecule has 0 bridgehead atoms. The van der Waals surface area contributed by atoms with Crippen LogP contribution in [0.1, 0.15) is 32.6 Å². The van der Waals surface area contributed by atoms with Crippen LogP contribution in [0.3, 0.4) is 0 Å². The summed E-state index contributed by atoms with van der Waals surface area (Å²) in [5, 5.41) is 0.680. The van der Waals surface area contributed by atoms with Crippen LogP contribution in [0.4, 0.5) is 0 Å². The molecule has 0 atom stereocenters. The molecule has 1 aliphatic heterocycles. The third kappa shape index (κ3) is 6.30. The highest BCUT2D eigenvalue weighted by Crippen LogP contribution is 2.18. The normalized spacial score (nSPS) is 17.3. The summed E-state index contributed by atoms with van der Waals surface area (Å²) < 4.78 is 34.1. The average Bonchev–Trinajstić information content (AvgIpc) is 2.53. The Balaban J connectivity index is 1.60. The van der Waals surface area contributed by atoms with Crippen molar-refractivity contribution in [3.63, 3.8) is 0 Å². The molecule has 1 heterocycles. The molecular formula is C16H25ClN2O3S. The van der Waals surface area contributed by atoms with Gasteiger partial charge >= 0.3 is 0 Å². The summed E-state index contributed by atoms with van der Waals surface area (Å²) in [7, 11) is -3.32. The standard InChI is InChI=1S/C16H25ClN2O3S/c1-14-8-11-19(12-9-14)23(20,21)18-10-2-3-13-22-16-6-4-15(17)5-7-16/h4-7,14,18H,2-3,8-13H2,1H3. The van der Waals surface area contributed by atoms with Gasteiger partial charge in [-0.25, -0.2) is 4.72 Å². The van der Waals surface area contributed by atoms with Crippen molar-refractivity contribution < 1.29 is 13.2 Å². The Morgan fingerprint density at radius 2 is 1.87 bits per heavy atom. The van der Waals surface area contributed by atoms with E-state index < -0.39 is 10.2 Å². The van der Waals surface area contributed by atoms with Gasteiger partial charge in [0.2, 0.25) is 0 Å². The molecule has 130 valence electrons. The molecule has 0 saturated carbocycles. The van der Waals surface area contributed by atoms with Gasteiger partial charge in [0.1, 0.15) is 5.75 Å². The van der Waals surface area contributed by atoms with Crippen LogP contribution in [0.5, 0.6) is 5.75 Å². The minimum atomic E-state index is -3.32. The van der Waals surface area contributed by atoms with Crippen LogP contribution in [0.15, 0.2) is 24.3 Å². The largest absolute Gasteiger partial charge is 0.494 e. The lowest BCUT2D eigenvalue weighted by atomic mass is 10.0. The fourth-order valence-corrected chi connectivity index (χ4v) is 3.87. The van der Waals surface area contributed by atoms with Crippen molar-refractivity contribution >= 4 is 21.8 Å². The minimum absolute atomic E-state index is 0.443. The van der Waals surface area contributed by atoms with Crippen LogP contribution in [0, 0.1) is 5.92 Å². The number of halogens is 1. The number of nitrogens with one attached hydrogen (secondary N) is 1. The number of hydrogen-bond acceptors (Lipinski definition) is 3. The van der Waals surface area contributed by atoms with Crippen molar-refractivity contribution in [3.8, 4) is 5.75 Å². The molecular weight excluding hydrogens is 336 g/mol. The number of hydrogen-bond donors (Lipinski definition) is 1. The van der Waals surface area contributed by atoms with Crippen molar-refractivity contribution in [2.75, 3.05) is 26.2 Å². The zero-order valence-corrected chi connectivity index (χ0v) is 15.1. The second-order valence-electron chi connectivity index (χ2n) is 5.99. The Kier molecular flexibility index (Phi) is 7.14. The first kappa shape index (κ1) is 18.5. The lowest BCUT2D eigenvalue weighted by Crippen LogP contribution is -2.44. The lowest BCUT2D eigenvalue weighted by Gasteiger charge is -2.29. The SMILES string of the molecule is CC1CCN(S(=O)(=O)NCCCCOc2ccc(Cl)cc2)CC1. The van der Waals surface area contributed by atoms with Gasteiger partial charge in [0, 0.05) is 24.7 Å². The summed E-state index contributed by atoms with van der Waals surface area (Å²) in [6, 6.07) is 7.21. The van der Waals surface area contributed by atoms with E-state index >= 15 is 0 Å². The minimum Gasteiger partial charge on any atom is -0.494 e. The van der Waals surface area contributed by atoms with Gasteiger partial charge in [-0.15, -0.1) is 0 Å². The van der Waals surface area contributed by atoms with Crippen LogP contribution in [0.2, 0.25) is 5.02 Å². The predicted octanol–water partition coefficient (Wildman–Crippen LogP) is 3.07. The maximum Gasteiger partial charge on any atom is 0.279 e. The van der Waals surface area contributed by atoms with Gasteiger partial charge in [0.25, 0.3) is 10.2 Å². The summed E-state index contributed by atoms with van der Waals surface area (Å²) in [6.45, 7) is 4.41. The average molecular weight is 361 g/mol. The van der Waals surface area contributed by atoms with Gasteiger partial charge in [-0.05, 0) is 55.9 Å². The summed E-state index contributed by atoms with van der Waals surface area (Å²) >= 11 is 5.80. The predicted molar refractivity (Wildman–Crippen MR) is 93.1 cm³/mol.